The molecule has 0 aromatic heterocycles. The van der Waals surface area contributed by atoms with Crippen LogP contribution in [-0.2, 0) is 9.47 Å². The first-order chi connectivity index (χ1) is 6.80. The van der Waals surface area contributed by atoms with Gasteiger partial charge in [0.25, 0.3) is 0 Å². The van der Waals surface area contributed by atoms with Crippen molar-refractivity contribution in [2.75, 3.05) is 27.4 Å². The lowest BCUT2D eigenvalue weighted by Crippen LogP contribution is -2.50. The van der Waals surface area contributed by atoms with Crippen molar-refractivity contribution in [2.24, 2.45) is 5.92 Å². The summed E-state index contributed by atoms with van der Waals surface area (Å²) in [5.41, 5.74) is 0.0284. The summed E-state index contributed by atoms with van der Waals surface area (Å²) in [5.74, 6) is 0.749. The summed E-state index contributed by atoms with van der Waals surface area (Å²) in [6.07, 6.45) is 4.89. The van der Waals surface area contributed by atoms with Gasteiger partial charge in [0.15, 0.2) is 0 Å². The van der Waals surface area contributed by atoms with Crippen LogP contribution in [0, 0.1) is 5.92 Å². The molecule has 0 radical (unpaired) electrons. The number of hydrogen-bond acceptors (Lipinski definition) is 3. The highest BCUT2D eigenvalue weighted by Gasteiger charge is 2.49. The van der Waals surface area contributed by atoms with Crippen LogP contribution in [0.1, 0.15) is 25.7 Å². The summed E-state index contributed by atoms with van der Waals surface area (Å²) in [6, 6.07) is 0.611. The van der Waals surface area contributed by atoms with E-state index < -0.39 is 0 Å². The lowest BCUT2D eigenvalue weighted by Gasteiger charge is -2.41. The van der Waals surface area contributed by atoms with E-state index >= 15 is 0 Å². The van der Waals surface area contributed by atoms with Gasteiger partial charge < -0.3 is 14.8 Å². The van der Waals surface area contributed by atoms with Crippen molar-refractivity contribution < 1.29 is 9.47 Å². The zero-order valence-corrected chi connectivity index (χ0v) is 9.21. The van der Waals surface area contributed by atoms with Gasteiger partial charge in [0, 0.05) is 19.8 Å². The Kier molecular flexibility index (Phi) is 3.10. The summed E-state index contributed by atoms with van der Waals surface area (Å²) in [7, 11) is 3.82. The number of hydrogen-bond donors (Lipinski definition) is 1. The average molecular weight is 199 g/mol. The summed E-state index contributed by atoms with van der Waals surface area (Å²) in [4.78, 5) is 0. The first kappa shape index (κ1) is 10.4. The van der Waals surface area contributed by atoms with Gasteiger partial charge in [-0.2, -0.15) is 0 Å². The molecule has 2 fully saturated rings. The molecule has 2 rings (SSSR count). The Morgan fingerprint density at radius 2 is 2.21 bits per heavy atom. The van der Waals surface area contributed by atoms with Crippen molar-refractivity contribution in [3.05, 3.63) is 0 Å². The van der Waals surface area contributed by atoms with Crippen molar-refractivity contribution in [1.29, 1.82) is 0 Å². The average Bonchev–Trinajstić information content (AvgIpc) is 3.02. The van der Waals surface area contributed by atoms with E-state index in [1.165, 1.54) is 12.8 Å². The third-order valence-corrected chi connectivity index (χ3v) is 3.57. The lowest BCUT2D eigenvalue weighted by atomic mass is 9.87. The van der Waals surface area contributed by atoms with E-state index in [1.807, 2.05) is 7.05 Å². The van der Waals surface area contributed by atoms with Gasteiger partial charge in [0.05, 0.1) is 12.2 Å². The van der Waals surface area contributed by atoms with Crippen LogP contribution in [0.15, 0.2) is 0 Å². The zero-order valence-electron chi connectivity index (χ0n) is 9.21. The topological polar surface area (TPSA) is 30.5 Å². The van der Waals surface area contributed by atoms with Crippen LogP contribution in [0.3, 0.4) is 0 Å². The van der Waals surface area contributed by atoms with E-state index in [1.54, 1.807) is 7.11 Å². The fourth-order valence-corrected chi connectivity index (χ4v) is 2.59. The van der Waals surface area contributed by atoms with E-state index in [4.69, 9.17) is 9.47 Å². The molecular formula is C11H21NO2. The maximum absolute atomic E-state index is 6.00. The molecule has 82 valence electrons. The van der Waals surface area contributed by atoms with E-state index in [0.29, 0.717) is 6.04 Å². The molecule has 2 atom stereocenters. The molecule has 14 heavy (non-hydrogen) atoms. The van der Waals surface area contributed by atoms with Gasteiger partial charge in [-0.1, -0.05) is 0 Å². The van der Waals surface area contributed by atoms with Crippen molar-refractivity contribution in [3.63, 3.8) is 0 Å². The molecule has 1 aliphatic carbocycles. The molecule has 0 aromatic carbocycles. The Hall–Kier alpha value is -0.120. The highest BCUT2D eigenvalue weighted by molar-refractivity contribution is 5.00. The van der Waals surface area contributed by atoms with Gasteiger partial charge in [-0.15, -0.1) is 0 Å². The highest BCUT2D eigenvalue weighted by Crippen LogP contribution is 2.46. The third-order valence-electron chi connectivity index (χ3n) is 3.57. The van der Waals surface area contributed by atoms with Crippen molar-refractivity contribution >= 4 is 0 Å². The number of rotatable bonds is 4. The molecule has 1 N–H and O–H groups in total. The molecular weight excluding hydrogens is 178 g/mol. The second-order valence-corrected chi connectivity index (χ2v) is 4.60. The van der Waals surface area contributed by atoms with Gasteiger partial charge in [-0.05, 0) is 38.6 Å². The summed E-state index contributed by atoms with van der Waals surface area (Å²) >= 11 is 0. The quantitative estimate of drug-likeness (QED) is 0.737. The minimum Gasteiger partial charge on any atom is -0.382 e. The molecule has 0 bridgehead atoms. The maximum Gasteiger partial charge on any atom is 0.0957 e. The largest absolute Gasteiger partial charge is 0.382 e. The highest BCUT2D eigenvalue weighted by atomic mass is 16.5. The summed E-state index contributed by atoms with van der Waals surface area (Å²) in [6.45, 7) is 1.64. The fourth-order valence-electron chi connectivity index (χ4n) is 2.59. The van der Waals surface area contributed by atoms with Gasteiger partial charge in [-0.3, -0.25) is 0 Å². The van der Waals surface area contributed by atoms with Crippen molar-refractivity contribution in [1.82, 2.24) is 5.32 Å². The molecule has 1 aliphatic heterocycles. The predicted octanol–water partition coefficient (Wildman–Crippen LogP) is 1.18. The molecule has 3 heteroatoms. The second-order valence-electron chi connectivity index (χ2n) is 4.60. The molecule has 0 spiro atoms. The Balaban J connectivity index is 2.01. The lowest BCUT2D eigenvalue weighted by molar-refractivity contribution is -0.136. The van der Waals surface area contributed by atoms with Crippen LogP contribution in [0.4, 0.5) is 0 Å². The predicted molar refractivity (Wildman–Crippen MR) is 55.4 cm³/mol. The smallest absolute Gasteiger partial charge is 0.0957 e. The molecule has 1 heterocycles. The first-order valence-electron chi connectivity index (χ1n) is 5.61. The molecule has 0 amide bonds. The summed E-state index contributed by atoms with van der Waals surface area (Å²) in [5, 5.41) is 3.36. The Labute approximate surface area is 86.2 Å². The Morgan fingerprint density at radius 1 is 1.43 bits per heavy atom. The van der Waals surface area contributed by atoms with Crippen LogP contribution < -0.4 is 5.32 Å². The van der Waals surface area contributed by atoms with Crippen LogP contribution in [-0.4, -0.2) is 39.0 Å². The SMILES string of the molecule is CNC1CCOC(COC)(C2CC2)C1. The number of nitrogens with one attached hydrogen (secondary N) is 1. The van der Waals surface area contributed by atoms with Gasteiger partial charge in [0.1, 0.15) is 0 Å². The van der Waals surface area contributed by atoms with E-state index in [2.05, 4.69) is 5.32 Å². The molecule has 1 saturated carbocycles. The molecule has 1 saturated heterocycles. The van der Waals surface area contributed by atoms with Crippen LogP contribution >= 0.6 is 0 Å². The summed E-state index contributed by atoms with van der Waals surface area (Å²) < 4.78 is 11.3. The maximum atomic E-state index is 6.00. The Morgan fingerprint density at radius 3 is 2.79 bits per heavy atom. The van der Waals surface area contributed by atoms with Gasteiger partial charge in [0.2, 0.25) is 0 Å². The minimum absolute atomic E-state index is 0.0284. The number of ether oxygens (including phenoxy) is 2. The second kappa shape index (κ2) is 4.17. The van der Waals surface area contributed by atoms with Crippen LogP contribution in [0.25, 0.3) is 0 Å². The number of methoxy groups -OCH3 is 1. The van der Waals surface area contributed by atoms with E-state index in [-0.39, 0.29) is 5.60 Å². The van der Waals surface area contributed by atoms with Crippen LogP contribution in [0.5, 0.6) is 0 Å². The molecule has 2 unspecified atom stereocenters. The monoisotopic (exact) mass is 199 g/mol. The standard InChI is InChI=1S/C11H21NO2/c1-12-10-5-6-14-11(7-10,8-13-2)9-3-4-9/h9-10,12H,3-8H2,1-2H3. The molecule has 0 aromatic rings. The minimum atomic E-state index is 0.0284. The molecule has 3 nitrogen and oxygen atoms in total. The third kappa shape index (κ3) is 1.95. The normalized spacial score (nSPS) is 38.6. The van der Waals surface area contributed by atoms with Crippen molar-refractivity contribution in [3.8, 4) is 0 Å². The zero-order chi connectivity index (χ0) is 10.0. The Bertz CT molecular complexity index is 190. The fraction of sp³-hybridized carbons (Fsp3) is 1.00. The molecule has 2 aliphatic rings. The van der Waals surface area contributed by atoms with E-state index in [0.717, 1.165) is 32.0 Å². The van der Waals surface area contributed by atoms with Gasteiger partial charge in [-0.25, -0.2) is 0 Å². The van der Waals surface area contributed by atoms with E-state index in [9.17, 15) is 0 Å². The van der Waals surface area contributed by atoms with Crippen LogP contribution in [0.2, 0.25) is 0 Å². The first-order valence-corrected chi connectivity index (χ1v) is 5.61. The van der Waals surface area contributed by atoms with Gasteiger partial charge >= 0.3 is 0 Å². The van der Waals surface area contributed by atoms with Crippen molar-refractivity contribution in [2.45, 2.75) is 37.3 Å².